The van der Waals surface area contributed by atoms with Crippen molar-refractivity contribution in [3.63, 3.8) is 0 Å². The molecule has 1 fully saturated rings. The monoisotopic (exact) mass is 232 g/mol. The molecular formula is C12H16N4O. The van der Waals surface area contributed by atoms with E-state index in [-0.39, 0.29) is 5.69 Å². The molecule has 1 aromatic heterocycles. The third-order valence-corrected chi connectivity index (χ3v) is 2.87. The lowest BCUT2D eigenvalue weighted by Crippen LogP contribution is -2.33. The summed E-state index contributed by atoms with van der Waals surface area (Å²) in [5.74, 6) is 0.340. The van der Waals surface area contributed by atoms with E-state index in [1.165, 1.54) is 31.7 Å². The van der Waals surface area contributed by atoms with E-state index in [0.717, 1.165) is 19.6 Å². The van der Waals surface area contributed by atoms with Gasteiger partial charge in [-0.15, -0.1) is 0 Å². The third-order valence-electron chi connectivity index (χ3n) is 2.87. The fraction of sp³-hybridized carbons (Fsp3) is 0.583. The standard InChI is InChI=1S/C12H16N4O/c13-10-11-12(15-5-4-14-11)17-9-8-16-6-2-1-3-7-16/h4-5H,1-3,6-9H2. The van der Waals surface area contributed by atoms with Crippen molar-refractivity contribution in [1.82, 2.24) is 14.9 Å². The van der Waals surface area contributed by atoms with Crippen molar-refractivity contribution < 1.29 is 4.74 Å². The van der Waals surface area contributed by atoms with Gasteiger partial charge in [0.25, 0.3) is 5.88 Å². The van der Waals surface area contributed by atoms with E-state index in [1.54, 1.807) is 0 Å². The number of nitriles is 1. The molecular weight excluding hydrogens is 216 g/mol. The molecule has 0 spiro atoms. The van der Waals surface area contributed by atoms with Crippen LogP contribution >= 0.6 is 0 Å². The Labute approximate surface area is 101 Å². The van der Waals surface area contributed by atoms with Gasteiger partial charge in [0, 0.05) is 18.9 Å². The zero-order valence-corrected chi connectivity index (χ0v) is 9.80. The Hall–Kier alpha value is -1.67. The first-order valence-electron chi connectivity index (χ1n) is 5.96. The van der Waals surface area contributed by atoms with Gasteiger partial charge in [-0.25, -0.2) is 9.97 Å². The van der Waals surface area contributed by atoms with E-state index in [1.807, 2.05) is 6.07 Å². The minimum Gasteiger partial charge on any atom is -0.474 e. The Bertz CT molecular complexity index is 396. The molecule has 0 N–H and O–H groups in total. The molecule has 90 valence electrons. The van der Waals surface area contributed by atoms with Gasteiger partial charge in [0.05, 0.1) is 0 Å². The van der Waals surface area contributed by atoms with Crippen molar-refractivity contribution in [2.45, 2.75) is 19.3 Å². The second-order valence-corrected chi connectivity index (χ2v) is 4.07. The maximum absolute atomic E-state index is 8.82. The van der Waals surface area contributed by atoms with Crippen molar-refractivity contribution in [3.05, 3.63) is 18.1 Å². The molecule has 1 aromatic rings. The number of likely N-dealkylation sites (tertiary alicyclic amines) is 1. The summed E-state index contributed by atoms with van der Waals surface area (Å²) < 4.78 is 5.49. The number of rotatable bonds is 4. The van der Waals surface area contributed by atoms with Crippen molar-refractivity contribution in [3.8, 4) is 11.9 Å². The molecule has 0 atom stereocenters. The molecule has 5 heteroatoms. The minimum atomic E-state index is 0.256. The van der Waals surface area contributed by atoms with E-state index in [4.69, 9.17) is 10.00 Å². The Morgan fingerprint density at radius 3 is 2.76 bits per heavy atom. The lowest BCUT2D eigenvalue weighted by atomic mass is 10.1. The highest BCUT2D eigenvalue weighted by atomic mass is 16.5. The Morgan fingerprint density at radius 2 is 2.00 bits per heavy atom. The SMILES string of the molecule is N#Cc1nccnc1OCCN1CCCCC1. The molecule has 0 amide bonds. The average Bonchev–Trinajstić information content (AvgIpc) is 2.40. The largest absolute Gasteiger partial charge is 0.474 e. The van der Waals surface area contributed by atoms with Crippen LogP contribution in [0, 0.1) is 11.3 Å². The first-order valence-corrected chi connectivity index (χ1v) is 5.96. The predicted octanol–water partition coefficient (Wildman–Crippen LogP) is 1.21. The van der Waals surface area contributed by atoms with Gasteiger partial charge in [0.15, 0.2) is 0 Å². The third kappa shape index (κ3) is 3.40. The van der Waals surface area contributed by atoms with Crippen LogP contribution in [0.15, 0.2) is 12.4 Å². The Kier molecular flexibility index (Phi) is 4.28. The highest BCUT2D eigenvalue weighted by Crippen LogP contribution is 2.11. The average molecular weight is 232 g/mol. The van der Waals surface area contributed by atoms with E-state index in [9.17, 15) is 0 Å². The van der Waals surface area contributed by atoms with Gasteiger partial charge < -0.3 is 4.74 Å². The summed E-state index contributed by atoms with van der Waals surface area (Å²) in [5, 5.41) is 8.82. The first kappa shape index (κ1) is 11.8. The molecule has 0 unspecified atom stereocenters. The fourth-order valence-electron chi connectivity index (χ4n) is 1.96. The van der Waals surface area contributed by atoms with Crippen molar-refractivity contribution in [1.29, 1.82) is 5.26 Å². The van der Waals surface area contributed by atoms with Gasteiger partial charge in [-0.05, 0) is 25.9 Å². The smallest absolute Gasteiger partial charge is 0.251 e. The molecule has 1 aliphatic rings. The fourth-order valence-corrected chi connectivity index (χ4v) is 1.96. The van der Waals surface area contributed by atoms with Gasteiger partial charge in [0.2, 0.25) is 5.69 Å². The summed E-state index contributed by atoms with van der Waals surface area (Å²) >= 11 is 0. The molecule has 5 nitrogen and oxygen atoms in total. The topological polar surface area (TPSA) is 62.0 Å². The number of nitrogens with zero attached hydrogens (tertiary/aromatic N) is 4. The summed E-state index contributed by atoms with van der Waals surface area (Å²) in [7, 11) is 0. The van der Waals surface area contributed by atoms with Gasteiger partial charge in [-0.1, -0.05) is 6.42 Å². The van der Waals surface area contributed by atoms with Crippen LogP contribution in [-0.4, -0.2) is 41.1 Å². The molecule has 1 aliphatic heterocycles. The Balaban J connectivity index is 1.79. The van der Waals surface area contributed by atoms with Crippen LogP contribution in [0.4, 0.5) is 0 Å². The predicted molar refractivity (Wildman–Crippen MR) is 62.5 cm³/mol. The maximum Gasteiger partial charge on any atom is 0.251 e. The molecule has 0 radical (unpaired) electrons. The van der Waals surface area contributed by atoms with E-state index in [0.29, 0.717) is 12.5 Å². The number of aromatic nitrogens is 2. The minimum absolute atomic E-state index is 0.256. The lowest BCUT2D eigenvalue weighted by molar-refractivity contribution is 0.180. The second kappa shape index (κ2) is 6.16. The maximum atomic E-state index is 8.82. The molecule has 0 bridgehead atoms. The molecule has 2 rings (SSSR count). The number of hydrogen-bond donors (Lipinski definition) is 0. The van der Waals surface area contributed by atoms with Crippen molar-refractivity contribution in [2.75, 3.05) is 26.2 Å². The number of piperidine rings is 1. The normalized spacial score (nSPS) is 16.4. The highest BCUT2D eigenvalue weighted by Gasteiger charge is 2.10. The van der Waals surface area contributed by atoms with Gasteiger partial charge >= 0.3 is 0 Å². The van der Waals surface area contributed by atoms with Gasteiger partial charge in [-0.3, -0.25) is 4.90 Å². The Morgan fingerprint density at radius 1 is 1.24 bits per heavy atom. The van der Waals surface area contributed by atoms with Crippen molar-refractivity contribution >= 4 is 0 Å². The van der Waals surface area contributed by atoms with Crippen LogP contribution in [0.2, 0.25) is 0 Å². The molecule has 0 aliphatic carbocycles. The van der Waals surface area contributed by atoms with E-state index >= 15 is 0 Å². The summed E-state index contributed by atoms with van der Waals surface area (Å²) in [4.78, 5) is 10.3. The number of ether oxygens (including phenoxy) is 1. The molecule has 1 saturated heterocycles. The summed E-state index contributed by atoms with van der Waals surface area (Å²) in [6.45, 7) is 3.75. The molecule has 0 aromatic carbocycles. The van der Waals surface area contributed by atoms with Crippen LogP contribution in [0.25, 0.3) is 0 Å². The summed E-state index contributed by atoms with van der Waals surface area (Å²) in [6, 6.07) is 1.97. The van der Waals surface area contributed by atoms with Crippen LogP contribution in [-0.2, 0) is 0 Å². The summed E-state index contributed by atoms with van der Waals surface area (Å²) in [5.41, 5.74) is 0.256. The first-order chi connectivity index (χ1) is 8.40. The number of hydrogen-bond acceptors (Lipinski definition) is 5. The lowest BCUT2D eigenvalue weighted by Gasteiger charge is -2.25. The van der Waals surface area contributed by atoms with Gasteiger partial charge in [0.1, 0.15) is 12.7 Å². The molecule has 2 heterocycles. The molecule has 0 saturated carbocycles. The van der Waals surface area contributed by atoms with Crippen LogP contribution < -0.4 is 4.74 Å². The van der Waals surface area contributed by atoms with E-state index < -0.39 is 0 Å². The quantitative estimate of drug-likeness (QED) is 0.781. The van der Waals surface area contributed by atoms with Crippen molar-refractivity contribution in [2.24, 2.45) is 0 Å². The second-order valence-electron chi connectivity index (χ2n) is 4.07. The zero-order chi connectivity index (χ0) is 11.9. The highest BCUT2D eigenvalue weighted by molar-refractivity contribution is 5.29. The van der Waals surface area contributed by atoms with Crippen LogP contribution in [0.1, 0.15) is 25.0 Å². The van der Waals surface area contributed by atoms with Crippen LogP contribution in [0.5, 0.6) is 5.88 Å². The van der Waals surface area contributed by atoms with Gasteiger partial charge in [-0.2, -0.15) is 5.26 Å². The van der Waals surface area contributed by atoms with Crippen LogP contribution in [0.3, 0.4) is 0 Å². The zero-order valence-electron chi connectivity index (χ0n) is 9.80. The van der Waals surface area contributed by atoms with E-state index in [2.05, 4.69) is 14.9 Å². The molecule has 17 heavy (non-hydrogen) atoms. The summed E-state index contributed by atoms with van der Waals surface area (Å²) in [6.07, 6.45) is 6.91.